The SMILES string of the molecule is CCCCCCCCCCCCCCCC(=O)OC[C@H](COP(=O)(O)OC[C@@H](O)COP(=O)(O)OC[C@@H](COC(=O)CCCCCCC)OC(=O)CCCCCCCCCCCCCCC)OC(=O)CCCCCCCCCCCCCCC(C)C. The molecule has 2 unspecified atom stereocenters. The van der Waals surface area contributed by atoms with Crippen molar-refractivity contribution in [2.75, 3.05) is 39.6 Å². The molecular weight excluding hydrogens is 1140 g/mol. The Labute approximate surface area is 524 Å². The number of rotatable bonds is 67. The van der Waals surface area contributed by atoms with Gasteiger partial charge in [-0.3, -0.25) is 37.3 Å². The zero-order valence-corrected chi connectivity index (χ0v) is 57.2. The van der Waals surface area contributed by atoms with E-state index < -0.39 is 97.5 Å². The fourth-order valence-electron chi connectivity index (χ4n) is 10.1. The average Bonchev–Trinajstić information content (AvgIpc) is 3.69. The fourth-order valence-corrected chi connectivity index (χ4v) is 11.7. The van der Waals surface area contributed by atoms with Crippen molar-refractivity contribution >= 4 is 39.5 Å². The molecule has 0 aliphatic carbocycles. The largest absolute Gasteiger partial charge is 0.472 e. The number of aliphatic hydroxyl groups is 1. The molecule has 0 radical (unpaired) electrons. The first-order chi connectivity index (χ1) is 41.5. The number of phosphoric acid groups is 2. The van der Waals surface area contributed by atoms with Crippen LogP contribution in [0, 0.1) is 5.92 Å². The summed E-state index contributed by atoms with van der Waals surface area (Å²) in [6.07, 6.45) is 46.0. The predicted octanol–water partition coefficient (Wildman–Crippen LogP) is 19.0. The number of phosphoric ester groups is 2. The summed E-state index contributed by atoms with van der Waals surface area (Å²) in [5, 5.41) is 10.5. The number of unbranched alkanes of at least 4 members (excludes halogenated alkanes) is 39. The Kier molecular flexibility index (Phi) is 59.2. The Morgan fingerprint density at radius 2 is 0.535 bits per heavy atom. The maximum absolute atomic E-state index is 13.0. The van der Waals surface area contributed by atoms with Crippen LogP contribution in [0.15, 0.2) is 0 Å². The van der Waals surface area contributed by atoms with Gasteiger partial charge >= 0.3 is 39.5 Å². The first-order valence-electron chi connectivity index (χ1n) is 35.1. The molecule has 0 spiro atoms. The summed E-state index contributed by atoms with van der Waals surface area (Å²) in [6, 6.07) is 0. The van der Waals surface area contributed by atoms with E-state index in [4.69, 9.17) is 37.0 Å². The lowest BCUT2D eigenvalue weighted by molar-refractivity contribution is -0.161. The van der Waals surface area contributed by atoms with Crippen molar-refractivity contribution in [2.24, 2.45) is 5.92 Å². The standard InChI is InChI=1S/C67H130O17P2/c1-6-9-12-15-17-19-21-23-28-32-36-41-46-51-65(70)78-57-63(84-67(72)53-48-43-38-34-30-26-25-27-31-35-40-44-49-60(4)5)59-82-86(75,76)80-55-61(68)54-79-85(73,74)81-58-62(56-77-64(69)50-45-39-14-11-8-3)83-66(71)52-47-42-37-33-29-24-22-20-18-16-13-10-7-2/h60-63,68H,6-59H2,1-5H3,(H,73,74)(H,75,76)/t61-,62+,63+/m0/s1. The van der Waals surface area contributed by atoms with Gasteiger partial charge in [0.1, 0.15) is 19.3 Å². The number of carbonyl (C=O) groups is 4. The Morgan fingerprint density at radius 3 is 0.791 bits per heavy atom. The van der Waals surface area contributed by atoms with Crippen molar-refractivity contribution in [3.63, 3.8) is 0 Å². The van der Waals surface area contributed by atoms with Crippen LogP contribution in [0.25, 0.3) is 0 Å². The van der Waals surface area contributed by atoms with Gasteiger partial charge in [-0.05, 0) is 31.6 Å². The van der Waals surface area contributed by atoms with Gasteiger partial charge < -0.3 is 33.8 Å². The summed E-state index contributed by atoms with van der Waals surface area (Å²) in [4.78, 5) is 72.2. The Hall–Kier alpha value is -1.94. The van der Waals surface area contributed by atoms with E-state index in [1.54, 1.807) is 0 Å². The van der Waals surface area contributed by atoms with Gasteiger partial charge in [0.05, 0.1) is 26.4 Å². The maximum atomic E-state index is 13.0. The molecule has 0 saturated heterocycles. The molecule has 0 rings (SSSR count). The number of aliphatic hydroxyl groups excluding tert-OH is 1. The summed E-state index contributed by atoms with van der Waals surface area (Å²) >= 11 is 0. The number of carbonyl (C=O) groups excluding carboxylic acids is 4. The molecule has 19 heteroatoms. The van der Waals surface area contributed by atoms with Gasteiger partial charge in [0, 0.05) is 25.7 Å². The molecule has 510 valence electrons. The number of esters is 4. The summed E-state index contributed by atoms with van der Waals surface area (Å²) < 4.78 is 68.0. The minimum absolute atomic E-state index is 0.107. The second-order valence-corrected chi connectivity index (χ2v) is 27.6. The third kappa shape index (κ3) is 60.9. The predicted molar refractivity (Wildman–Crippen MR) is 345 cm³/mol. The summed E-state index contributed by atoms with van der Waals surface area (Å²) in [5.41, 5.74) is 0. The maximum Gasteiger partial charge on any atom is 0.472 e. The lowest BCUT2D eigenvalue weighted by Gasteiger charge is -2.21. The highest BCUT2D eigenvalue weighted by Crippen LogP contribution is 2.45. The third-order valence-corrected chi connectivity index (χ3v) is 17.4. The average molecular weight is 1270 g/mol. The Bertz CT molecular complexity index is 1670. The fraction of sp³-hybridized carbons (Fsp3) is 0.940. The lowest BCUT2D eigenvalue weighted by atomic mass is 10.0. The summed E-state index contributed by atoms with van der Waals surface area (Å²) in [6.45, 7) is 7.15. The lowest BCUT2D eigenvalue weighted by Crippen LogP contribution is -2.30. The van der Waals surface area contributed by atoms with Crippen molar-refractivity contribution in [2.45, 2.75) is 361 Å². The van der Waals surface area contributed by atoms with E-state index in [0.717, 1.165) is 102 Å². The van der Waals surface area contributed by atoms with Gasteiger partial charge in [-0.15, -0.1) is 0 Å². The molecule has 86 heavy (non-hydrogen) atoms. The molecule has 0 aromatic heterocycles. The topological polar surface area (TPSA) is 237 Å². The minimum atomic E-state index is -4.95. The van der Waals surface area contributed by atoms with E-state index in [0.29, 0.717) is 25.7 Å². The van der Waals surface area contributed by atoms with Crippen LogP contribution in [0.3, 0.4) is 0 Å². The first-order valence-corrected chi connectivity index (χ1v) is 38.1. The second-order valence-electron chi connectivity index (χ2n) is 24.7. The van der Waals surface area contributed by atoms with Crippen LogP contribution >= 0.6 is 15.6 Å². The molecule has 0 heterocycles. The van der Waals surface area contributed by atoms with Crippen LogP contribution in [0.1, 0.15) is 343 Å². The molecule has 0 bridgehead atoms. The van der Waals surface area contributed by atoms with E-state index in [1.807, 2.05) is 0 Å². The van der Waals surface area contributed by atoms with E-state index in [9.17, 15) is 43.2 Å². The van der Waals surface area contributed by atoms with E-state index in [2.05, 4.69) is 34.6 Å². The molecule has 0 aromatic rings. The molecule has 0 saturated carbocycles. The van der Waals surface area contributed by atoms with E-state index in [-0.39, 0.29) is 25.7 Å². The molecule has 0 aliphatic rings. The van der Waals surface area contributed by atoms with Crippen molar-refractivity contribution in [3.05, 3.63) is 0 Å². The monoisotopic (exact) mass is 1270 g/mol. The Balaban J connectivity index is 5.17. The van der Waals surface area contributed by atoms with Crippen molar-refractivity contribution in [1.82, 2.24) is 0 Å². The quantitative estimate of drug-likeness (QED) is 0.0222. The highest BCUT2D eigenvalue weighted by molar-refractivity contribution is 7.47. The minimum Gasteiger partial charge on any atom is -0.462 e. The normalized spacial score (nSPS) is 14.2. The van der Waals surface area contributed by atoms with Crippen LogP contribution in [-0.2, 0) is 65.4 Å². The summed E-state index contributed by atoms with van der Waals surface area (Å²) in [5.74, 6) is -1.36. The number of hydrogen-bond donors (Lipinski definition) is 3. The van der Waals surface area contributed by atoms with Gasteiger partial charge in [-0.2, -0.15) is 0 Å². The van der Waals surface area contributed by atoms with Crippen LogP contribution in [0.2, 0.25) is 0 Å². The van der Waals surface area contributed by atoms with Crippen LogP contribution < -0.4 is 0 Å². The van der Waals surface area contributed by atoms with Gasteiger partial charge in [-0.1, -0.05) is 291 Å². The highest BCUT2D eigenvalue weighted by atomic mass is 31.2. The third-order valence-electron chi connectivity index (χ3n) is 15.5. The summed E-state index contributed by atoms with van der Waals surface area (Å²) in [7, 11) is -9.88. The molecule has 0 fully saturated rings. The van der Waals surface area contributed by atoms with Gasteiger partial charge in [0.25, 0.3) is 0 Å². The second kappa shape index (κ2) is 60.6. The van der Waals surface area contributed by atoms with E-state index >= 15 is 0 Å². The van der Waals surface area contributed by atoms with Crippen molar-refractivity contribution in [3.8, 4) is 0 Å². The van der Waals surface area contributed by atoms with Crippen LogP contribution in [0.5, 0.6) is 0 Å². The van der Waals surface area contributed by atoms with Crippen molar-refractivity contribution in [1.29, 1.82) is 0 Å². The van der Waals surface area contributed by atoms with Gasteiger partial charge in [-0.25, -0.2) is 9.13 Å². The molecular formula is C67H130O17P2. The molecule has 5 atom stereocenters. The molecule has 0 amide bonds. The zero-order chi connectivity index (χ0) is 63.5. The Morgan fingerprint density at radius 1 is 0.314 bits per heavy atom. The van der Waals surface area contributed by atoms with Gasteiger partial charge in [0.15, 0.2) is 12.2 Å². The zero-order valence-electron chi connectivity index (χ0n) is 55.4. The molecule has 0 aromatic carbocycles. The number of hydrogen-bond acceptors (Lipinski definition) is 15. The first kappa shape index (κ1) is 84.1. The smallest absolute Gasteiger partial charge is 0.462 e. The molecule has 3 N–H and O–H groups in total. The van der Waals surface area contributed by atoms with Gasteiger partial charge in [0.2, 0.25) is 0 Å². The number of ether oxygens (including phenoxy) is 4. The van der Waals surface area contributed by atoms with Crippen molar-refractivity contribution < 1.29 is 80.2 Å². The molecule has 17 nitrogen and oxygen atoms in total. The van der Waals surface area contributed by atoms with Crippen LogP contribution in [-0.4, -0.2) is 96.7 Å². The highest BCUT2D eigenvalue weighted by Gasteiger charge is 2.30. The van der Waals surface area contributed by atoms with Crippen LogP contribution in [0.4, 0.5) is 0 Å². The molecule has 0 aliphatic heterocycles. The van der Waals surface area contributed by atoms with E-state index in [1.165, 1.54) is 161 Å².